The molecule has 116 valence electrons. The molecule has 0 aliphatic heterocycles. The number of anilines is 1. The van der Waals surface area contributed by atoms with Gasteiger partial charge in [-0.05, 0) is 37.1 Å². The van der Waals surface area contributed by atoms with Crippen LogP contribution in [-0.2, 0) is 0 Å². The van der Waals surface area contributed by atoms with Crippen LogP contribution in [0.25, 0.3) is 0 Å². The summed E-state index contributed by atoms with van der Waals surface area (Å²) >= 11 is 1.85. The summed E-state index contributed by atoms with van der Waals surface area (Å²) in [5, 5.41) is 3.71. The Hall–Kier alpha value is -1.23. The highest BCUT2D eigenvalue weighted by molar-refractivity contribution is 7.99. The smallest absolute Gasteiger partial charge is 0.251 e. The highest BCUT2D eigenvalue weighted by Crippen LogP contribution is 2.27. The van der Waals surface area contributed by atoms with Crippen LogP contribution in [0.2, 0.25) is 0 Å². The lowest BCUT2D eigenvalue weighted by atomic mass is 9.94. The van der Waals surface area contributed by atoms with E-state index < -0.39 is 0 Å². The fourth-order valence-corrected chi connectivity index (χ4v) is 3.73. The molecule has 1 aliphatic rings. The van der Waals surface area contributed by atoms with Gasteiger partial charge in [0.1, 0.15) is 5.82 Å². The molecular formula is C16H25N3OS. The lowest BCUT2D eigenvalue weighted by Gasteiger charge is -2.31. The number of nitrogen functional groups attached to an aromatic ring is 1. The van der Waals surface area contributed by atoms with E-state index in [0.29, 0.717) is 16.6 Å². The van der Waals surface area contributed by atoms with Crippen molar-refractivity contribution < 1.29 is 4.79 Å². The van der Waals surface area contributed by atoms with Gasteiger partial charge >= 0.3 is 0 Å². The Labute approximate surface area is 131 Å². The SMILES string of the molecule is CSC1CCCCC1NC(=O)c1cc(N)nc(C(C)C)c1. The first kappa shape index (κ1) is 16.1. The van der Waals surface area contributed by atoms with Crippen molar-refractivity contribution in [1.29, 1.82) is 0 Å². The Balaban J connectivity index is 2.12. The largest absolute Gasteiger partial charge is 0.384 e. The number of nitrogens with two attached hydrogens (primary N) is 1. The zero-order chi connectivity index (χ0) is 15.4. The highest BCUT2D eigenvalue weighted by Gasteiger charge is 2.26. The summed E-state index contributed by atoms with van der Waals surface area (Å²) < 4.78 is 0. The molecule has 1 aromatic heterocycles. The number of aromatic nitrogens is 1. The summed E-state index contributed by atoms with van der Waals surface area (Å²) in [6.07, 6.45) is 6.82. The minimum absolute atomic E-state index is 0.0306. The Morgan fingerprint density at radius 1 is 1.38 bits per heavy atom. The molecule has 1 aromatic rings. The fourth-order valence-electron chi connectivity index (χ4n) is 2.80. The highest BCUT2D eigenvalue weighted by atomic mass is 32.2. The van der Waals surface area contributed by atoms with E-state index in [0.717, 1.165) is 12.1 Å². The van der Waals surface area contributed by atoms with Crippen molar-refractivity contribution in [2.45, 2.75) is 56.7 Å². The number of thioether (sulfide) groups is 1. The molecule has 1 fully saturated rings. The molecule has 1 amide bonds. The second-order valence-electron chi connectivity index (χ2n) is 6.00. The number of nitrogens with zero attached hydrogens (tertiary/aromatic N) is 1. The van der Waals surface area contributed by atoms with E-state index in [-0.39, 0.29) is 17.9 Å². The third kappa shape index (κ3) is 4.13. The van der Waals surface area contributed by atoms with Crippen LogP contribution in [0.15, 0.2) is 12.1 Å². The molecule has 2 unspecified atom stereocenters. The molecule has 0 radical (unpaired) electrons. The van der Waals surface area contributed by atoms with Crippen molar-refractivity contribution in [2.75, 3.05) is 12.0 Å². The second kappa shape index (κ2) is 7.16. The minimum Gasteiger partial charge on any atom is -0.384 e. The first-order valence-corrected chi connectivity index (χ1v) is 8.91. The van der Waals surface area contributed by atoms with Crippen LogP contribution in [0.3, 0.4) is 0 Å². The van der Waals surface area contributed by atoms with Crippen LogP contribution in [0.5, 0.6) is 0 Å². The van der Waals surface area contributed by atoms with Gasteiger partial charge in [0.25, 0.3) is 5.91 Å². The molecule has 1 saturated carbocycles. The zero-order valence-corrected chi connectivity index (χ0v) is 13.9. The van der Waals surface area contributed by atoms with E-state index in [9.17, 15) is 4.79 Å². The van der Waals surface area contributed by atoms with Crippen LogP contribution < -0.4 is 11.1 Å². The van der Waals surface area contributed by atoms with Crippen molar-refractivity contribution in [1.82, 2.24) is 10.3 Å². The van der Waals surface area contributed by atoms with Crippen molar-refractivity contribution in [2.24, 2.45) is 0 Å². The van der Waals surface area contributed by atoms with Crippen LogP contribution in [0.4, 0.5) is 5.82 Å². The predicted molar refractivity (Wildman–Crippen MR) is 89.8 cm³/mol. The lowest BCUT2D eigenvalue weighted by Crippen LogP contribution is -2.43. The van der Waals surface area contributed by atoms with Crippen LogP contribution in [0.1, 0.15) is 61.5 Å². The molecule has 21 heavy (non-hydrogen) atoms. The number of hydrogen-bond donors (Lipinski definition) is 2. The molecule has 0 spiro atoms. The fraction of sp³-hybridized carbons (Fsp3) is 0.625. The van der Waals surface area contributed by atoms with Gasteiger partial charge in [-0.15, -0.1) is 0 Å². The van der Waals surface area contributed by atoms with Gasteiger partial charge in [0.2, 0.25) is 0 Å². The number of carbonyl (C=O) groups is 1. The number of rotatable bonds is 4. The van der Waals surface area contributed by atoms with E-state index in [2.05, 4.69) is 16.6 Å². The summed E-state index contributed by atoms with van der Waals surface area (Å²) in [6.45, 7) is 4.10. The first-order chi connectivity index (χ1) is 10.0. The standard InChI is InChI=1S/C16H25N3OS/c1-10(2)13-8-11(9-15(17)18-13)16(20)19-12-6-4-5-7-14(12)21-3/h8-10,12,14H,4-7H2,1-3H3,(H2,17,18)(H,19,20). The quantitative estimate of drug-likeness (QED) is 0.896. The van der Waals surface area contributed by atoms with E-state index in [4.69, 9.17) is 5.73 Å². The molecule has 1 aliphatic carbocycles. The van der Waals surface area contributed by atoms with Gasteiger partial charge in [-0.25, -0.2) is 4.98 Å². The number of nitrogens with one attached hydrogen (secondary N) is 1. The van der Waals surface area contributed by atoms with Crippen molar-refractivity contribution in [3.05, 3.63) is 23.4 Å². The lowest BCUT2D eigenvalue weighted by molar-refractivity contribution is 0.0929. The van der Waals surface area contributed by atoms with Crippen LogP contribution in [-0.4, -0.2) is 28.4 Å². The van der Waals surface area contributed by atoms with Gasteiger partial charge in [-0.1, -0.05) is 26.7 Å². The molecule has 3 N–H and O–H groups in total. The maximum Gasteiger partial charge on any atom is 0.251 e. The molecule has 2 atom stereocenters. The molecular weight excluding hydrogens is 282 g/mol. The molecule has 5 heteroatoms. The Bertz CT molecular complexity index is 504. The zero-order valence-electron chi connectivity index (χ0n) is 13.1. The van der Waals surface area contributed by atoms with Crippen molar-refractivity contribution in [3.63, 3.8) is 0 Å². The maximum atomic E-state index is 12.5. The molecule has 2 rings (SSSR count). The summed E-state index contributed by atoms with van der Waals surface area (Å²) in [7, 11) is 0. The van der Waals surface area contributed by atoms with Gasteiger partial charge in [0.05, 0.1) is 0 Å². The average Bonchev–Trinajstić information content (AvgIpc) is 2.47. The molecule has 1 heterocycles. The third-order valence-electron chi connectivity index (χ3n) is 4.04. The number of pyridine rings is 1. The summed E-state index contributed by atoms with van der Waals surface area (Å²) in [5.74, 6) is 0.641. The van der Waals surface area contributed by atoms with Crippen molar-refractivity contribution in [3.8, 4) is 0 Å². The predicted octanol–water partition coefficient (Wildman–Crippen LogP) is 3.19. The van der Waals surface area contributed by atoms with E-state index in [1.165, 1.54) is 19.3 Å². The normalized spacial score (nSPS) is 22.3. The van der Waals surface area contributed by atoms with Gasteiger partial charge in [0.15, 0.2) is 0 Å². The van der Waals surface area contributed by atoms with Gasteiger partial charge < -0.3 is 11.1 Å². The summed E-state index contributed by atoms with van der Waals surface area (Å²) in [6, 6.07) is 3.78. The Morgan fingerprint density at radius 3 is 2.76 bits per heavy atom. The monoisotopic (exact) mass is 307 g/mol. The molecule has 0 aromatic carbocycles. The van der Waals surface area contributed by atoms with Crippen LogP contribution in [0, 0.1) is 0 Å². The number of amides is 1. The number of carbonyl (C=O) groups excluding carboxylic acids is 1. The van der Waals surface area contributed by atoms with E-state index in [1.54, 1.807) is 6.07 Å². The maximum absolute atomic E-state index is 12.5. The Morgan fingerprint density at radius 2 is 2.10 bits per heavy atom. The van der Waals surface area contributed by atoms with Gasteiger partial charge in [-0.3, -0.25) is 4.79 Å². The van der Waals surface area contributed by atoms with Crippen molar-refractivity contribution >= 4 is 23.5 Å². The summed E-state index contributed by atoms with van der Waals surface area (Å²) in [5.41, 5.74) is 7.31. The van der Waals surface area contributed by atoms with Crippen LogP contribution >= 0.6 is 11.8 Å². The third-order valence-corrected chi connectivity index (χ3v) is 5.21. The molecule has 0 bridgehead atoms. The van der Waals surface area contributed by atoms with Gasteiger partial charge in [0, 0.05) is 22.5 Å². The van der Waals surface area contributed by atoms with E-state index >= 15 is 0 Å². The molecule has 0 saturated heterocycles. The topological polar surface area (TPSA) is 68.0 Å². The Kier molecular flexibility index (Phi) is 5.51. The number of hydrogen-bond acceptors (Lipinski definition) is 4. The summed E-state index contributed by atoms with van der Waals surface area (Å²) in [4.78, 5) is 16.8. The first-order valence-electron chi connectivity index (χ1n) is 7.62. The van der Waals surface area contributed by atoms with E-state index in [1.807, 2.05) is 31.7 Å². The second-order valence-corrected chi connectivity index (χ2v) is 7.08. The minimum atomic E-state index is -0.0306. The average molecular weight is 307 g/mol. The van der Waals surface area contributed by atoms with Gasteiger partial charge in [-0.2, -0.15) is 11.8 Å². The molecule has 4 nitrogen and oxygen atoms in total.